The van der Waals surface area contributed by atoms with Crippen LogP contribution in [0.2, 0.25) is 0 Å². The minimum Gasteiger partial charge on any atom is -0.497 e. The Bertz CT molecular complexity index is 1020. The summed E-state index contributed by atoms with van der Waals surface area (Å²) in [6, 6.07) is 13.7. The highest BCUT2D eigenvalue weighted by Gasteiger charge is 2.23. The molecule has 0 aliphatic carbocycles. The maximum absolute atomic E-state index is 12.9. The summed E-state index contributed by atoms with van der Waals surface area (Å²) in [4.78, 5) is 21.3. The molecule has 0 unspecified atom stereocenters. The molecule has 0 saturated carbocycles. The van der Waals surface area contributed by atoms with Crippen LogP contribution in [0.1, 0.15) is 21.5 Å². The van der Waals surface area contributed by atoms with Crippen LogP contribution in [0.3, 0.4) is 0 Å². The van der Waals surface area contributed by atoms with Crippen LogP contribution in [0.4, 0.5) is 0 Å². The molecule has 1 N–H and O–H groups in total. The van der Waals surface area contributed by atoms with E-state index in [1.54, 1.807) is 26.0 Å². The number of hydrogen-bond donors (Lipinski definition) is 1. The van der Waals surface area contributed by atoms with Crippen molar-refractivity contribution in [3.05, 3.63) is 65.5 Å². The second-order valence-electron chi connectivity index (χ2n) is 7.52. The molecule has 1 aliphatic heterocycles. The lowest BCUT2D eigenvalue weighted by atomic mass is 10.1. The van der Waals surface area contributed by atoms with Crippen LogP contribution >= 0.6 is 11.8 Å². The molecule has 9 heteroatoms. The number of rotatable bonds is 8. The van der Waals surface area contributed by atoms with Crippen LogP contribution < -0.4 is 9.47 Å². The second-order valence-corrected chi connectivity index (χ2v) is 8.49. The van der Waals surface area contributed by atoms with E-state index in [0.29, 0.717) is 13.1 Å². The summed E-state index contributed by atoms with van der Waals surface area (Å²) in [7, 11) is 3.35. The Kier molecular flexibility index (Phi) is 7.28. The van der Waals surface area contributed by atoms with E-state index in [4.69, 9.17) is 9.47 Å². The number of thioether (sulfide) groups is 1. The smallest absolute Gasteiger partial charge is 0.253 e. The van der Waals surface area contributed by atoms with Crippen molar-refractivity contribution in [2.75, 3.05) is 40.4 Å². The first kappa shape index (κ1) is 22.2. The van der Waals surface area contributed by atoms with Crippen molar-refractivity contribution in [2.45, 2.75) is 17.5 Å². The van der Waals surface area contributed by atoms with E-state index in [-0.39, 0.29) is 5.91 Å². The predicted octanol–water partition coefficient (Wildman–Crippen LogP) is 3.07. The zero-order valence-corrected chi connectivity index (χ0v) is 19.1. The summed E-state index contributed by atoms with van der Waals surface area (Å²) in [6.07, 6.45) is 1.50. The summed E-state index contributed by atoms with van der Waals surface area (Å²) in [5.41, 5.74) is 2.95. The number of piperazine rings is 1. The number of methoxy groups -OCH3 is 2. The normalized spacial score (nSPS) is 14.4. The highest BCUT2D eigenvalue weighted by atomic mass is 32.2. The molecule has 0 bridgehead atoms. The lowest BCUT2D eigenvalue weighted by Crippen LogP contribution is -2.48. The van der Waals surface area contributed by atoms with E-state index >= 15 is 0 Å². The highest BCUT2D eigenvalue weighted by Crippen LogP contribution is 2.26. The van der Waals surface area contributed by atoms with Crippen LogP contribution in [0.15, 0.2) is 53.9 Å². The lowest BCUT2D eigenvalue weighted by molar-refractivity contribution is 0.0627. The Morgan fingerprint density at radius 3 is 2.50 bits per heavy atom. The largest absolute Gasteiger partial charge is 0.497 e. The number of hydrogen-bond acceptors (Lipinski definition) is 7. The molecule has 3 aromatic rings. The SMILES string of the molecule is COc1ccc(OC)c(CN2CCN(C(=O)c3ccc(CSc4ncn[nH]4)cc3)CC2)c1. The summed E-state index contributed by atoms with van der Waals surface area (Å²) in [6.45, 7) is 3.80. The second kappa shape index (κ2) is 10.5. The fourth-order valence-electron chi connectivity index (χ4n) is 3.70. The highest BCUT2D eigenvalue weighted by molar-refractivity contribution is 7.98. The first-order valence-electron chi connectivity index (χ1n) is 10.5. The van der Waals surface area contributed by atoms with Gasteiger partial charge in [-0.25, -0.2) is 4.98 Å². The van der Waals surface area contributed by atoms with Crippen LogP contribution in [0.5, 0.6) is 11.5 Å². The fourth-order valence-corrected chi connectivity index (χ4v) is 4.43. The van der Waals surface area contributed by atoms with Crippen LogP contribution in [-0.2, 0) is 12.3 Å². The Morgan fingerprint density at radius 1 is 1.06 bits per heavy atom. The number of amides is 1. The van der Waals surface area contributed by atoms with Gasteiger partial charge in [-0.05, 0) is 35.9 Å². The Labute approximate surface area is 191 Å². The van der Waals surface area contributed by atoms with Gasteiger partial charge in [-0.2, -0.15) is 5.10 Å². The Hall–Kier alpha value is -3.04. The number of carbonyl (C=O) groups is 1. The van der Waals surface area contributed by atoms with Gasteiger partial charge in [-0.1, -0.05) is 23.9 Å². The predicted molar refractivity (Wildman–Crippen MR) is 123 cm³/mol. The summed E-state index contributed by atoms with van der Waals surface area (Å²) >= 11 is 1.58. The molecule has 0 radical (unpaired) electrons. The first-order valence-corrected chi connectivity index (χ1v) is 11.4. The fraction of sp³-hybridized carbons (Fsp3) is 0.348. The molecule has 2 aromatic carbocycles. The van der Waals surface area contributed by atoms with Gasteiger partial charge in [0, 0.05) is 49.6 Å². The van der Waals surface area contributed by atoms with Gasteiger partial charge in [0.15, 0.2) is 5.16 Å². The summed E-state index contributed by atoms with van der Waals surface area (Å²) in [5.74, 6) is 2.52. The number of carbonyl (C=O) groups excluding carboxylic acids is 1. The van der Waals surface area contributed by atoms with E-state index in [0.717, 1.165) is 58.7 Å². The third kappa shape index (κ3) is 5.41. The topological polar surface area (TPSA) is 83.6 Å². The molecule has 1 aromatic heterocycles. The molecule has 0 spiro atoms. The van der Waals surface area contributed by atoms with E-state index in [9.17, 15) is 4.79 Å². The molecular weight excluding hydrogens is 426 g/mol. The Balaban J connectivity index is 1.30. The van der Waals surface area contributed by atoms with Crippen molar-refractivity contribution in [3.63, 3.8) is 0 Å². The molecule has 1 amide bonds. The van der Waals surface area contributed by atoms with Gasteiger partial charge in [0.05, 0.1) is 14.2 Å². The van der Waals surface area contributed by atoms with Gasteiger partial charge in [-0.3, -0.25) is 14.8 Å². The summed E-state index contributed by atoms with van der Waals surface area (Å²) < 4.78 is 10.8. The Morgan fingerprint density at radius 2 is 1.84 bits per heavy atom. The molecule has 168 valence electrons. The van der Waals surface area contributed by atoms with Crippen LogP contribution in [0, 0.1) is 0 Å². The van der Waals surface area contributed by atoms with Crippen LogP contribution in [-0.4, -0.2) is 71.3 Å². The zero-order valence-electron chi connectivity index (χ0n) is 18.3. The van der Waals surface area contributed by atoms with Crippen molar-refractivity contribution in [2.24, 2.45) is 0 Å². The number of nitrogens with one attached hydrogen (secondary N) is 1. The van der Waals surface area contributed by atoms with E-state index in [1.807, 2.05) is 47.4 Å². The maximum atomic E-state index is 12.9. The van der Waals surface area contributed by atoms with Gasteiger partial charge in [0.25, 0.3) is 5.91 Å². The molecular formula is C23H27N5O3S. The molecule has 1 aliphatic rings. The molecule has 1 saturated heterocycles. The van der Waals surface area contributed by atoms with Crippen molar-refractivity contribution in [1.29, 1.82) is 0 Å². The van der Waals surface area contributed by atoms with E-state index < -0.39 is 0 Å². The third-order valence-electron chi connectivity index (χ3n) is 5.51. The van der Waals surface area contributed by atoms with Gasteiger partial charge < -0.3 is 14.4 Å². The number of H-pyrrole nitrogens is 1. The average molecular weight is 454 g/mol. The van der Waals surface area contributed by atoms with Gasteiger partial charge in [0.2, 0.25) is 0 Å². The van der Waals surface area contributed by atoms with Gasteiger partial charge >= 0.3 is 0 Å². The molecule has 32 heavy (non-hydrogen) atoms. The van der Waals surface area contributed by atoms with E-state index in [2.05, 4.69) is 20.1 Å². The third-order valence-corrected chi connectivity index (χ3v) is 6.46. The molecule has 0 atom stereocenters. The maximum Gasteiger partial charge on any atom is 0.253 e. The standard InChI is InChI=1S/C23H27N5O3S/c1-30-20-7-8-21(31-2)19(13-20)14-27-9-11-28(12-10-27)22(29)18-5-3-17(4-6-18)15-32-23-24-16-25-26-23/h3-8,13,16H,9-12,14-15H2,1-2H3,(H,24,25,26). The van der Waals surface area contributed by atoms with Gasteiger partial charge in [0.1, 0.15) is 17.8 Å². The first-order chi connectivity index (χ1) is 15.7. The monoisotopic (exact) mass is 453 g/mol. The minimum absolute atomic E-state index is 0.0815. The average Bonchev–Trinajstić information content (AvgIpc) is 3.37. The molecule has 1 fully saturated rings. The number of aromatic nitrogens is 3. The van der Waals surface area contributed by atoms with Crippen molar-refractivity contribution in [1.82, 2.24) is 25.0 Å². The summed E-state index contributed by atoms with van der Waals surface area (Å²) in [5, 5.41) is 7.47. The number of nitrogens with zero attached hydrogens (tertiary/aromatic N) is 4. The number of ether oxygens (including phenoxy) is 2. The number of aromatic amines is 1. The quantitative estimate of drug-likeness (QED) is 0.525. The van der Waals surface area contributed by atoms with Crippen molar-refractivity contribution in [3.8, 4) is 11.5 Å². The van der Waals surface area contributed by atoms with Crippen molar-refractivity contribution >= 4 is 17.7 Å². The lowest BCUT2D eigenvalue weighted by Gasteiger charge is -2.35. The molecule has 4 rings (SSSR count). The molecule has 8 nitrogen and oxygen atoms in total. The zero-order chi connectivity index (χ0) is 22.3. The van der Waals surface area contributed by atoms with E-state index in [1.165, 1.54) is 6.33 Å². The molecule has 2 heterocycles. The van der Waals surface area contributed by atoms with Crippen molar-refractivity contribution < 1.29 is 14.3 Å². The van der Waals surface area contributed by atoms with Gasteiger partial charge in [-0.15, -0.1) is 0 Å². The number of benzene rings is 2. The minimum atomic E-state index is 0.0815. The van der Waals surface area contributed by atoms with Crippen LogP contribution in [0.25, 0.3) is 0 Å².